The first-order valence-corrected chi connectivity index (χ1v) is 7.80. The van der Waals surface area contributed by atoms with Gasteiger partial charge in [0.15, 0.2) is 0 Å². The van der Waals surface area contributed by atoms with Crippen LogP contribution in [-0.4, -0.2) is 13.3 Å². The molecule has 2 aromatic rings. The number of hydrogen-bond acceptors (Lipinski definition) is 6. The van der Waals surface area contributed by atoms with E-state index < -0.39 is 20.7 Å². The summed E-state index contributed by atoms with van der Waals surface area (Å²) in [6, 6.07) is 7.10. The number of hydrogen-bond donors (Lipinski definition) is 1. The molecular weight excluding hydrogens is 355 g/mol. The number of nitro benzene ring substituents is 1. The zero-order chi connectivity index (χ0) is 16.5. The van der Waals surface area contributed by atoms with E-state index in [2.05, 4.69) is 0 Å². The van der Waals surface area contributed by atoms with Crippen LogP contribution in [0.5, 0.6) is 5.75 Å². The Hall–Kier alpha value is -2.03. The molecule has 0 bridgehead atoms. The minimum atomic E-state index is -4.30. The molecule has 0 radical (unpaired) electrons. The highest BCUT2D eigenvalue weighted by molar-refractivity contribution is 7.87. The molecule has 0 fully saturated rings. The molecule has 0 atom stereocenters. The quantitative estimate of drug-likeness (QED) is 0.386. The summed E-state index contributed by atoms with van der Waals surface area (Å²) < 4.78 is 29.2. The summed E-state index contributed by atoms with van der Waals surface area (Å²) in [4.78, 5) is 9.70. The Bertz CT molecular complexity index is 855. The first-order chi connectivity index (χ1) is 10.2. The van der Waals surface area contributed by atoms with Crippen LogP contribution in [0.15, 0.2) is 41.3 Å². The van der Waals surface area contributed by atoms with Crippen LogP contribution in [0, 0.1) is 10.1 Å². The van der Waals surface area contributed by atoms with Crippen molar-refractivity contribution in [1.29, 1.82) is 0 Å². The molecule has 0 aliphatic heterocycles. The van der Waals surface area contributed by atoms with Crippen molar-refractivity contribution in [3.63, 3.8) is 0 Å². The fourth-order valence-corrected chi connectivity index (χ4v) is 3.24. The monoisotopic (exact) mass is 362 g/mol. The van der Waals surface area contributed by atoms with Gasteiger partial charge in [-0.2, -0.15) is 8.42 Å². The highest BCUT2D eigenvalue weighted by Gasteiger charge is 2.22. The van der Waals surface area contributed by atoms with Gasteiger partial charge in [0.05, 0.1) is 16.0 Å². The number of nitrogens with two attached hydrogens (primary N) is 1. The average Bonchev–Trinajstić information content (AvgIpc) is 2.43. The minimum Gasteiger partial charge on any atom is -0.393 e. The van der Waals surface area contributed by atoms with Crippen LogP contribution in [0.1, 0.15) is 0 Å². The molecular formula is C12H8Cl2N2O5S. The maximum atomic E-state index is 12.2. The van der Waals surface area contributed by atoms with E-state index in [9.17, 15) is 18.5 Å². The first-order valence-electron chi connectivity index (χ1n) is 5.64. The molecule has 10 heteroatoms. The third-order valence-electron chi connectivity index (χ3n) is 2.57. The molecule has 22 heavy (non-hydrogen) atoms. The normalized spacial score (nSPS) is 11.2. The van der Waals surface area contributed by atoms with Gasteiger partial charge in [-0.25, -0.2) is 0 Å². The number of anilines is 1. The molecule has 116 valence electrons. The minimum absolute atomic E-state index is 0.0886. The van der Waals surface area contributed by atoms with Gasteiger partial charge in [-0.05, 0) is 30.3 Å². The average molecular weight is 363 g/mol. The Labute approximate surface area is 135 Å². The summed E-state index contributed by atoms with van der Waals surface area (Å²) in [5.74, 6) is -0.267. The number of nitrogen functional groups attached to an aromatic ring is 1. The third kappa shape index (κ3) is 3.41. The van der Waals surface area contributed by atoms with Crippen molar-refractivity contribution in [2.45, 2.75) is 4.90 Å². The van der Waals surface area contributed by atoms with E-state index in [0.717, 1.165) is 12.1 Å². The van der Waals surface area contributed by atoms with Crippen molar-refractivity contribution in [2.24, 2.45) is 0 Å². The van der Waals surface area contributed by atoms with Crippen molar-refractivity contribution in [3.05, 3.63) is 56.6 Å². The first kappa shape index (κ1) is 16.3. The summed E-state index contributed by atoms with van der Waals surface area (Å²) in [6.45, 7) is 0. The zero-order valence-corrected chi connectivity index (χ0v) is 13.0. The molecule has 0 unspecified atom stereocenters. The summed E-state index contributed by atoms with van der Waals surface area (Å²) >= 11 is 11.5. The molecule has 2 N–H and O–H groups in total. The Balaban J connectivity index is 2.43. The molecule has 2 aromatic carbocycles. The van der Waals surface area contributed by atoms with Crippen LogP contribution in [0.2, 0.25) is 10.0 Å². The molecule has 0 spiro atoms. The lowest BCUT2D eigenvalue weighted by molar-refractivity contribution is -0.383. The van der Waals surface area contributed by atoms with E-state index in [-0.39, 0.29) is 26.4 Å². The van der Waals surface area contributed by atoms with Crippen LogP contribution in [0.3, 0.4) is 0 Å². The van der Waals surface area contributed by atoms with Crippen molar-refractivity contribution in [2.75, 3.05) is 5.73 Å². The molecule has 0 aromatic heterocycles. The molecule has 0 heterocycles. The van der Waals surface area contributed by atoms with E-state index >= 15 is 0 Å². The molecule has 0 aliphatic carbocycles. The standard InChI is InChI=1S/C12H8Cl2N2O5S/c13-7-1-3-9(14)12(5-7)22(19,20)21-8-2-4-10(15)11(6-8)16(17)18/h1-6H,15H2. The predicted octanol–water partition coefficient (Wildman–Crippen LogP) is 3.25. The summed E-state index contributed by atoms with van der Waals surface area (Å²) in [5.41, 5.74) is 4.84. The van der Waals surface area contributed by atoms with Gasteiger partial charge in [0.25, 0.3) is 5.69 Å². The van der Waals surface area contributed by atoms with E-state index in [0.29, 0.717) is 0 Å². The second-order valence-corrected chi connectivity index (χ2v) is 6.45. The van der Waals surface area contributed by atoms with Crippen LogP contribution >= 0.6 is 23.2 Å². The molecule has 0 saturated carbocycles. The van der Waals surface area contributed by atoms with Gasteiger partial charge in [0.1, 0.15) is 16.3 Å². The van der Waals surface area contributed by atoms with Crippen LogP contribution in [-0.2, 0) is 10.1 Å². The van der Waals surface area contributed by atoms with E-state index in [4.69, 9.17) is 33.1 Å². The summed E-state index contributed by atoms with van der Waals surface area (Å²) in [5, 5.41) is 10.8. The lowest BCUT2D eigenvalue weighted by Crippen LogP contribution is -2.10. The topological polar surface area (TPSA) is 113 Å². The zero-order valence-electron chi connectivity index (χ0n) is 10.7. The highest BCUT2D eigenvalue weighted by Crippen LogP contribution is 2.31. The van der Waals surface area contributed by atoms with Crippen molar-refractivity contribution >= 4 is 44.7 Å². The van der Waals surface area contributed by atoms with E-state index in [1.54, 1.807) is 0 Å². The van der Waals surface area contributed by atoms with Gasteiger partial charge in [-0.3, -0.25) is 10.1 Å². The van der Waals surface area contributed by atoms with Crippen molar-refractivity contribution < 1.29 is 17.5 Å². The molecule has 0 aliphatic rings. The summed E-state index contributed by atoms with van der Waals surface area (Å²) in [7, 11) is -4.30. The van der Waals surface area contributed by atoms with Crippen LogP contribution in [0.4, 0.5) is 11.4 Å². The Kier molecular flexibility index (Phi) is 4.45. The largest absolute Gasteiger partial charge is 0.393 e. The second-order valence-electron chi connectivity index (χ2n) is 4.09. The van der Waals surface area contributed by atoms with Crippen molar-refractivity contribution in [1.82, 2.24) is 0 Å². The SMILES string of the molecule is Nc1ccc(OS(=O)(=O)c2cc(Cl)ccc2Cl)cc1[N+](=O)[O-]. The van der Waals surface area contributed by atoms with Gasteiger partial charge in [-0.15, -0.1) is 0 Å². The van der Waals surface area contributed by atoms with Gasteiger partial charge in [0, 0.05) is 5.02 Å². The molecule has 2 rings (SSSR count). The predicted molar refractivity (Wildman–Crippen MR) is 81.8 cm³/mol. The number of nitrogens with zero attached hydrogens (tertiary/aromatic N) is 1. The lowest BCUT2D eigenvalue weighted by Gasteiger charge is -2.09. The van der Waals surface area contributed by atoms with Gasteiger partial charge < -0.3 is 9.92 Å². The number of rotatable bonds is 4. The maximum Gasteiger partial charge on any atom is 0.340 e. The van der Waals surface area contributed by atoms with Gasteiger partial charge in [0.2, 0.25) is 0 Å². The maximum absolute atomic E-state index is 12.2. The Morgan fingerprint density at radius 1 is 1.14 bits per heavy atom. The highest BCUT2D eigenvalue weighted by atomic mass is 35.5. The fraction of sp³-hybridized carbons (Fsp3) is 0. The summed E-state index contributed by atoms with van der Waals surface area (Å²) in [6.07, 6.45) is 0. The Morgan fingerprint density at radius 2 is 1.82 bits per heavy atom. The fourth-order valence-electron chi connectivity index (χ4n) is 1.57. The molecule has 0 amide bonds. The molecule has 7 nitrogen and oxygen atoms in total. The number of nitro groups is 1. The van der Waals surface area contributed by atoms with E-state index in [1.807, 2.05) is 0 Å². The molecule has 0 saturated heterocycles. The number of benzene rings is 2. The second kappa shape index (κ2) is 5.99. The van der Waals surface area contributed by atoms with Crippen molar-refractivity contribution in [3.8, 4) is 5.75 Å². The van der Waals surface area contributed by atoms with E-state index in [1.165, 1.54) is 24.3 Å². The van der Waals surface area contributed by atoms with Gasteiger partial charge in [-0.1, -0.05) is 23.2 Å². The lowest BCUT2D eigenvalue weighted by atomic mass is 10.2. The number of halogens is 2. The Morgan fingerprint density at radius 3 is 2.45 bits per heavy atom. The van der Waals surface area contributed by atoms with Gasteiger partial charge >= 0.3 is 10.1 Å². The smallest absolute Gasteiger partial charge is 0.340 e. The van der Waals surface area contributed by atoms with Crippen LogP contribution < -0.4 is 9.92 Å². The third-order valence-corrected chi connectivity index (χ3v) is 4.53. The van der Waals surface area contributed by atoms with Crippen LogP contribution in [0.25, 0.3) is 0 Å².